The molecule has 0 heterocycles. The quantitative estimate of drug-likeness (QED) is 0.769. The van der Waals surface area contributed by atoms with Crippen LogP contribution in [0.2, 0.25) is 0 Å². The van der Waals surface area contributed by atoms with Crippen LogP contribution >= 0.6 is 0 Å². The van der Waals surface area contributed by atoms with Gasteiger partial charge in [0, 0.05) is 6.04 Å². The summed E-state index contributed by atoms with van der Waals surface area (Å²) in [6.07, 6.45) is 0.764. The van der Waals surface area contributed by atoms with Crippen LogP contribution in [0.5, 0.6) is 5.75 Å². The van der Waals surface area contributed by atoms with Crippen molar-refractivity contribution in [3.8, 4) is 5.75 Å². The summed E-state index contributed by atoms with van der Waals surface area (Å²) in [5.41, 5.74) is 0.397. The van der Waals surface area contributed by atoms with Gasteiger partial charge in [-0.05, 0) is 49.7 Å². The van der Waals surface area contributed by atoms with E-state index < -0.39 is 10.0 Å². The number of sulfonamides is 1. The van der Waals surface area contributed by atoms with Crippen LogP contribution in [-0.2, 0) is 14.8 Å². The van der Waals surface area contributed by atoms with Gasteiger partial charge in [0.1, 0.15) is 12.3 Å². The van der Waals surface area contributed by atoms with Crippen molar-refractivity contribution in [3.63, 3.8) is 0 Å². The molecule has 0 saturated carbocycles. The van der Waals surface area contributed by atoms with E-state index in [-0.39, 0.29) is 23.4 Å². The molecule has 2 rings (SSSR count). The van der Waals surface area contributed by atoms with Gasteiger partial charge in [-0.25, -0.2) is 8.42 Å². The van der Waals surface area contributed by atoms with Crippen LogP contribution in [0.15, 0.2) is 59.5 Å². The van der Waals surface area contributed by atoms with Gasteiger partial charge in [0.2, 0.25) is 5.91 Å². The van der Waals surface area contributed by atoms with Gasteiger partial charge >= 0.3 is 0 Å². The molecule has 140 valence electrons. The number of carbonyl (C=O) groups excluding carboxylic acids is 1. The fraction of sp³-hybridized carbons (Fsp3) is 0.316. The Morgan fingerprint density at radius 1 is 1.12 bits per heavy atom. The summed E-state index contributed by atoms with van der Waals surface area (Å²) in [4.78, 5) is 12.5. The van der Waals surface area contributed by atoms with Gasteiger partial charge in [-0.2, -0.15) is 0 Å². The molecule has 0 aliphatic rings. The standard InChI is InChI=1S/C19H24N2O4S/c1-4-15(2)20-19(22)14-21(16-10-12-17(25-3)13-11-16)26(23,24)18-8-6-5-7-9-18/h5-13,15H,4,14H2,1-3H3,(H,20,22)/t15-/m0/s1. The Kier molecular flexibility index (Phi) is 6.63. The Morgan fingerprint density at radius 3 is 2.27 bits per heavy atom. The highest BCUT2D eigenvalue weighted by Crippen LogP contribution is 2.25. The molecule has 1 atom stereocenters. The highest BCUT2D eigenvalue weighted by molar-refractivity contribution is 7.92. The molecule has 0 radical (unpaired) electrons. The van der Waals surface area contributed by atoms with E-state index in [1.807, 2.05) is 13.8 Å². The minimum Gasteiger partial charge on any atom is -0.497 e. The molecule has 0 fully saturated rings. The number of hydrogen-bond donors (Lipinski definition) is 1. The summed E-state index contributed by atoms with van der Waals surface area (Å²) in [5, 5.41) is 2.81. The summed E-state index contributed by atoms with van der Waals surface area (Å²) >= 11 is 0. The van der Waals surface area contributed by atoms with Crippen molar-refractivity contribution < 1.29 is 17.9 Å². The topological polar surface area (TPSA) is 75.7 Å². The normalized spacial score (nSPS) is 12.3. The predicted octanol–water partition coefficient (Wildman–Crippen LogP) is 2.81. The molecule has 0 bridgehead atoms. The average molecular weight is 376 g/mol. The number of amides is 1. The number of hydrogen-bond acceptors (Lipinski definition) is 4. The van der Waals surface area contributed by atoms with E-state index in [1.54, 1.807) is 42.5 Å². The van der Waals surface area contributed by atoms with Gasteiger partial charge in [-0.15, -0.1) is 0 Å². The number of methoxy groups -OCH3 is 1. The molecule has 26 heavy (non-hydrogen) atoms. The number of carbonyl (C=O) groups is 1. The minimum absolute atomic E-state index is 0.0281. The first-order valence-electron chi connectivity index (χ1n) is 8.39. The number of ether oxygens (including phenoxy) is 1. The summed E-state index contributed by atoms with van der Waals surface area (Å²) in [7, 11) is -2.34. The highest BCUT2D eigenvalue weighted by Gasteiger charge is 2.27. The second-order valence-corrected chi connectivity index (χ2v) is 7.76. The van der Waals surface area contributed by atoms with Crippen molar-refractivity contribution in [1.29, 1.82) is 0 Å². The van der Waals surface area contributed by atoms with E-state index in [4.69, 9.17) is 4.74 Å². The first-order valence-corrected chi connectivity index (χ1v) is 9.83. The third kappa shape index (κ3) is 4.76. The van der Waals surface area contributed by atoms with E-state index in [0.717, 1.165) is 10.7 Å². The van der Waals surface area contributed by atoms with E-state index in [0.29, 0.717) is 11.4 Å². The highest BCUT2D eigenvalue weighted by atomic mass is 32.2. The van der Waals surface area contributed by atoms with E-state index in [2.05, 4.69) is 5.32 Å². The number of nitrogens with zero attached hydrogens (tertiary/aromatic N) is 1. The fourth-order valence-corrected chi connectivity index (χ4v) is 3.78. The zero-order chi connectivity index (χ0) is 19.2. The van der Waals surface area contributed by atoms with Crippen LogP contribution in [0.3, 0.4) is 0 Å². The Labute approximate surface area is 154 Å². The molecule has 0 spiro atoms. The van der Waals surface area contributed by atoms with Gasteiger partial charge < -0.3 is 10.1 Å². The molecule has 0 unspecified atom stereocenters. The first-order chi connectivity index (χ1) is 12.4. The van der Waals surface area contributed by atoms with Crippen LogP contribution in [0, 0.1) is 0 Å². The summed E-state index contributed by atoms with van der Waals surface area (Å²) < 4.78 is 32.4. The maximum absolute atomic E-state index is 13.1. The molecule has 1 amide bonds. The molecule has 0 aromatic heterocycles. The number of nitrogens with one attached hydrogen (secondary N) is 1. The Morgan fingerprint density at radius 2 is 1.73 bits per heavy atom. The second kappa shape index (κ2) is 8.71. The number of rotatable bonds is 8. The van der Waals surface area contributed by atoms with Crippen molar-refractivity contribution in [1.82, 2.24) is 5.32 Å². The number of benzene rings is 2. The van der Waals surface area contributed by atoms with E-state index >= 15 is 0 Å². The summed E-state index contributed by atoms with van der Waals surface area (Å²) in [6, 6.07) is 14.6. The van der Waals surface area contributed by atoms with Gasteiger partial charge in [-0.3, -0.25) is 9.10 Å². The van der Waals surface area contributed by atoms with Crippen molar-refractivity contribution in [3.05, 3.63) is 54.6 Å². The fourth-order valence-electron chi connectivity index (χ4n) is 2.34. The summed E-state index contributed by atoms with van der Waals surface area (Å²) in [6.45, 7) is 3.53. The molecule has 0 aliphatic heterocycles. The molecule has 2 aromatic carbocycles. The lowest BCUT2D eigenvalue weighted by molar-refractivity contribution is -0.120. The van der Waals surface area contributed by atoms with Gasteiger partial charge in [0.05, 0.1) is 17.7 Å². The van der Waals surface area contributed by atoms with Crippen LogP contribution in [0.1, 0.15) is 20.3 Å². The van der Waals surface area contributed by atoms with Gasteiger partial charge in [-0.1, -0.05) is 25.1 Å². The third-order valence-electron chi connectivity index (χ3n) is 4.00. The largest absolute Gasteiger partial charge is 0.497 e. The molecule has 6 nitrogen and oxygen atoms in total. The Balaban J connectivity index is 2.39. The number of anilines is 1. The van der Waals surface area contributed by atoms with Crippen molar-refractivity contribution in [2.75, 3.05) is 18.0 Å². The van der Waals surface area contributed by atoms with Crippen molar-refractivity contribution >= 4 is 21.6 Å². The zero-order valence-corrected chi connectivity index (χ0v) is 16.0. The molecule has 1 N–H and O–H groups in total. The first kappa shape index (κ1) is 19.8. The Bertz CT molecular complexity index is 820. The zero-order valence-electron chi connectivity index (χ0n) is 15.2. The van der Waals surface area contributed by atoms with Crippen LogP contribution < -0.4 is 14.4 Å². The Hall–Kier alpha value is -2.54. The minimum atomic E-state index is -3.88. The van der Waals surface area contributed by atoms with Crippen molar-refractivity contribution in [2.24, 2.45) is 0 Å². The third-order valence-corrected chi connectivity index (χ3v) is 5.79. The monoisotopic (exact) mass is 376 g/mol. The van der Waals surface area contributed by atoms with Crippen LogP contribution in [0.4, 0.5) is 5.69 Å². The lowest BCUT2D eigenvalue weighted by atomic mass is 10.2. The lowest BCUT2D eigenvalue weighted by Gasteiger charge is -2.25. The van der Waals surface area contributed by atoms with Crippen LogP contribution in [0.25, 0.3) is 0 Å². The molecule has 0 saturated heterocycles. The lowest BCUT2D eigenvalue weighted by Crippen LogP contribution is -2.43. The van der Waals surface area contributed by atoms with E-state index in [1.165, 1.54) is 19.2 Å². The van der Waals surface area contributed by atoms with Crippen molar-refractivity contribution in [2.45, 2.75) is 31.2 Å². The SMILES string of the molecule is CC[C@H](C)NC(=O)CN(c1ccc(OC)cc1)S(=O)(=O)c1ccccc1. The van der Waals surface area contributed by atoms with Crippen LogP contribution in [-0.4, -0.2) is 34.0 Å². The second-order valence-electron chi connectivity index (χ2n) is 5.90. The predicted molar refractivity (Wildman–Crippen MR) is 102 cm³/mol. The smallest absolute Gasteiger partial charge is 0.264 e. The molecule has 2 aromatic rings. The molecule has 0 aliphatic carbocycles. The summed E-state index contributed by atoms with van der Waals surface area (Å²) in [5.74, 6) is 0.254. The molecule has 7 heteroatoms. The maximum atomic E-state index is 13.1. The average Bonchev–Trinajstić information content (AvgIpc) is 2.66. The van der Waals surface area contributed by atoms with E-state index in [9.17, 15) is 13.2 Å². The van der Waals surface area contributed by atoms with Gasteiger partial charge in [0.15, 0.2) is 0 Å². The maximum Gasteiger partial charge on any atom is 0.264 e. The molecular formula is C19H24N2O4S. The molecular weight excluding hydrogens is 352 g/mol. The van der Waals surface area contributed by atoms with Gasteiger partial charge in [0.25, 0.3) is 10.0 Å².